The van der Waals surface area contributed by atoms with Gasteiger partial charge in [0.15, 0.2) is 0 Å². The van der Waals surface area contributed by atoms with Crippen molar-refractivity contribution in [2.75, 3.05) is 5.88 Å². The number of alkyl halides is 1. The zero-order valence-electron chi connectivity index (χ0n) is 11.9. The van der Waals surface area contributed by atoms with Crippen molar-refractivity contribution in [3.63, 3.8) is 0 Å². The molecule has 0 N–H and O–H groups in total. The van der Waals surface area contributed by atoms with Crippen LogP contribution in [0.5, 0.6) is 0 Å². The van der Waals surface area contributed by atoms with Crippen molar-refractivity contribution in [3.8, 4) is 0 Å². The topological polar surface area (TPSA) is 43.9 Å². The minimum absolute atomic E-state index is 0.253. The molecule has 0 saturated carbocycles. The van der Waals surface area contributed by atoms with Crippen LogP contribution in [0.1, 0.15) is 23.0 Å². The Morgan fingerprint density at radius 3 is 2.81 bits per heavy atom. The summed E-state index contributed by atoms with van der Waals surface area (Å²) in [5.74, 6) is 2.37. The number of fused-ring (bicyclic) bond motifs is 1. The lowest BCUT2D eigenvalue weighted by molar-refractivity contribution is 0.456. The Hall–Kier alpha value is -1.88. The molecular weight excluding hydrogens is 293 g/mol. The minimum Gasteiger partial charge on any atom is -0.444 e. The summed E-state index contributed by atoms with van der Waals surface area (Å²) >= 11 is 5.84. The van der Waals surface area contributed by atoms with Gasteiger partial charge in [0.25, 0.3) is 0 Å². The van der Waals surface area contributed by atoms with E-state index in [0.29, 0.717) is 35.8 Å². The molecule has 0 fully saturated rings. The number of hydrogen-bond donors (Lipinski definition) is 0. The molecule has 0 spiro atoms. The van der Waals surface area contributed by atoms with Crippen LogP contribution in [0.3, 0.4) is 0 Å². The van der Waals surface area contributed by atoms with Gasteiger partial charge in [0.2, 0.25) is 5.89 Å². The first-order valence-corrected chi connectivity index (χ1v) is 7.24. The molecule has 0 bridgehead atoms. The second-order valence-electron chi connectivity index (χ2n) is 5.01. The summed E-state index contributed by atoms with van der Waals surface area (Å²) in [7, 11) is 0. The molecule has 4 nitrogen and oxygen atoms in total. The number of imidazole rings is 1. The lowest BCUT2D eigenvalue weighted by atomic mass is 10.2. The van der Waals surface area contributed by atoms with Gasteiger partial charge in [0.05, 0.1) is 17.2 Å². The van der Waals surface area contributed by atoms with Gasteiger partial charge in [0, 0.05) is 18.4 Å². The van der Waals surface area contributed by atoms with Crippen LogP contribution in [0.4, 0.5) is 4.39 Å². The van der Waals surface area contributed by atoms with Crippen LogP contribution in [0.2, 0.25) is 0 Å². The zero-order chi connectivity index (χ0) is 15.0. The Balaban J connectivity index is 2.12. The van der Waals surface area contributed by atoms with Crippen LogP contribution in [-0.2, 0) is 13.0 Å². The first-order chi connectivity index (χ1) is 10.1. The minimum atomic E-state index is -0.253. The monoisotopic (exact) mass is 307 g/mol. The summed E-state index contributed by atoms with van der Waals surface area (Å²) in [6, 6.07) is 3.25. The van der Waals surface area contributed by atoms with Crippen LogP contribution in [0, 0.1) is 19.7 Å². The number of benzene rings is 1. The summed E-state index contributed by atoms with van der Waals surface area (Å²) < 4.78 is 21.2. The summed E-state index contributed by atoms with van der Waals surface area (Å²) in [6.07, 6.45) is 2.29. The molecule has 0 amide bonds. The van der Waals surface area contributed by atoms with E-state index in [4.69, 9.17) is 16.0 Å². The third kappa shape index (κ3) is 2.65. The molecule has 0 aliphatic carbocycles. The molecule has 3 aromatic rings. The molecule has 0 saturated heterocycles. The van der Waals surface area contributed by atoms with Crippen LogP contribution < -0.4 is 0 Å². The summed E-state index contributed by atoms with van der Waals surface area (Å²) in [6.45, 7) is 4.05. The highest BCUT2D eigenvalue weighted by Gasteiger charge is 2.14. The second kappa shape index (κ2) is 5.48. The lowest BCUT2D eigenvalue weighted by Crippen LogP contribution is -2.06. The highest BCUT2D eigenvalue weighted by atomic mass is 35.5. The van der Waals surface area contributed by atoms with Crippen molar-refractivity contribution in [1.29, 1.82) is 0 Å². The summed E-state index contributed by atoms with van der Waals surface area (Å²) in [5, 5.41) is 0. The molecule has 0 unspecified atom stereocenters. The van der Waals surface area contributed by atoms with Gasteiger partial charge in [-0.3, -0.25) is 0 Å². The second-order valence-corrected chi connectivity index (χ2v) is 5.39. The van der Waals surface area contributed by atoms with Gasteiger partial charge in [-0.15, -0.1) is 11.6 Å². The lowest BCUT2D eigenvalue weighted by Gasteiger charge is -2.06. The van der Waals surface area contributed by atoms with Gasteiger partial charge in [0.1, 0.15) is 23.9 Å². The third-order valence-electron chi connectivity index (χ3n) is 3.39. The molecule has 21 heavy (non-hydrogen) atoms. The van der Waals surface area contributed by atoms with Gasteiger partial charge in [-0.1, -0.05) is 0 Å². The molecule has 0 aliphatic rings. The van der Waals surface area contributed by atoms with Crippen LogP contribution >= 0.6 is 11.6 Å². The van der Waals surface area contributed by atoms with Crippen LogP contribution in [-0.4, -0.2) is 20.4 Å². The van der Waals surface area contributed by atoms with Gasteiger partial charge >= 0.3 is 0 Å². The highest BCUT2D eigenvalue weighted by Crippen LogP contribution is 2.22. The van der Waals surface area contributed by atoms with Crippen LogP contribution in [0.15, 0.2) is 22.7 Å². The number of hydrogen-bond acceptors (Lipinski definition) is 3. The van der Waals surface area contributed by atoms with E-state index in [9.17, 15) is 4.39 Å². The number of halogens is 2. The molecule has 2 heterocycles. The van der Waals surface area contributed by atoms with Crippen LogP contribution in [0.25, 0.3) is 11.0 Å². The average molecular weight is 308 g/mol. The van der Waals surface area contributed by atoms with E-state index in [2.05, 4.69) is 9.97 Å². The quantitative estimate of drug-likeness (QED) is 0.692. The fourth-order valence-corrected chi connectivity index (χ4v) is 2.53. The molecule has 0 radical (unpaired) electrons. The van der Waals surface area contributed by atoms with Gasteiger partial charge in [-0.2, -0.15) is 0 Å². The normalized spacial score (nSPS) is 11.4. The predicted molar refractivity (Wildman–Crippen MR) is 79.2 cm³/mol. The molecule has 0 aliphatic heterocycles. The first-order valence-electron chi connectivity index (χ1n) is 6.71. The van der Waals surface area contributed by atoms with E-state index >= 15 is 0 Å². The Morgan fingerprint density at radius 2 is 2.14 bits per heavy atom. The molecule has 0 atom stereocenters. The fourth-order valence-electron chi connectivity index (χ4n) is 2.36. The van der Waals surface area contributed by atoms with Crippen molar-refractivity contribution in [2.24, 2.45) is 0 Å². The smallest absolute Gasteiger partial charge is 0.214 e. The number of oxazole rings is 1. The summed E-state index contributed by atoms with van der Waals surface area (Å²) in [4.78, 5) is 8.69. The molecule has 3 rings (SSSR count). The van der Waals surface area contributed by atoms with E-state index in [1.807, 2.05) is 11.5 Å². The van der Waals surface area contributed by atoms with Gasteiger partial charge < -0.3 is 8.98 Å². The Morgan fingerprint density at radius 1 is 1.33 bits per heavy atom. The maximum absolute atomic E-state index is 13.7. The average Bonchev–Trinajstić information content (AvgIpc) is 2.97. The largest absolute Gasteiger partial charge is 0.444 e. The first kappa shape index (κ1) is 14.1. The summed E-state index contributed by atoms with van der Waals surface area (Å²) in [5.41, 5.74) is 2.08. The van der Waals surface area contributed by atoms with Crippen molar-refractivity contribution in [1.82, 2.24) is 14.5 Å². The molecule has 2 aromatic heterocycles. The molecule has 110 valence electrons. The fraction of sp³-hybridized carbons (Fsp3) is 0.333. The number of rotatable bonds is 4. The Kier molecular flexibility index (Phi) is 3.68. The zero-order valence-corrected chi connectivity index (χ0v) is 12.6. The van der Waals surface area contributed by atoms with E-state index in [1.165, 1.54) is 6.07 Å². The predicted octanol–water partition coefficient (Wildman–Crippen LogP) is 3.61. The third-order valence-corrected chi connectivity index (χ3v) is 3.58. The van der Waals surface area contributed by atoms with E-state index in [-0.39, 0.29) is 5.82 Å². The van der Waals surface area contributed by atoms with Crippen molar-refractivity contribution < 1.29 is 8.81 Å². The molecular formula is C15H15ClFN3O. The van der Waals surface area contributed by atoms with Gasteiger partial charge in [-0.05, 0) is 25.5 Å². The Labute approximate surface area is 126 Å². The van der Waals surface area contributed by atoms with E-state index in [1.54, 1.807) is 19.2 Å². The molecule has 6 heteroatoms. The number of nitrogens with zero attached hydrogens (tertiary/aromatic N) is 3. The van der Waals surface area contributed by atoms with Gasteiger partial charge in [-0.25, -0.2) is 14.4 Å². The van der Waals surface area contributed by atoms with E-state index < -0.39 is 0 Å². The standard InChI is InChI=1S/C15H15ClFN3O/c1-9-5-13-12(6-11(9)17)19-14(3-4-16)20(13)8-15-18-7-10(2)21-15/h5-7H,3-4,8H2,1-2H3. The van der Waals surface area contributed by atoms with Crippen molar-refractivity contribution in [2.45, 2.75) is 26.8 Å². The van der Waals surface area contributed by atoms with Crippen molar-refractivity contribution >= 4 is 22.6 Å². The number of aromatic nitrogens is 3. The number of aryl methyl sites for hydroxylation is 3. The van der Waals surface area contributed by atoms with Crippen molar-refractivity contribution in [3.05, 3.63) is 47.2 Å². The Bertz CT molecular complexity index is 794. The maximum atomic E-state index is 13.7. The maximum Gasteiger partial charge on any atom is 0.214 e. The molecule has 1 aromatic carbocycles. The highest BCUT2D eigenvalue weighted by molar-refractivity contribution is 6.17. The van der Waals surface area contributed by atoms with E-state index in [0.717, 1.165) is 17.1 Å². The SMILES string of the molecule is Cc1cnc(Cn2c(CCCl)nc3cc(F)c(C)cc32)o1.